The molecule has 0 radical (unpaired) electrons. The van der Waals surface area contributed by atoms with Gasteiger partial charge in [0.25, 0.3) is 0 Å². The van der Waals surface area contributed by atoms with E-state index in [4.69, 9.17) is 22.1 Å². The number of aliphatic imine (C=N–C) groups is 1. The van der Waals surface area contributed by atoms with Crippen LogP contribution >= 0.6 is 11.6 Å². The number of rotatable bonds is 3. The zero-order chi connectivity index (χ0) is 14.8. The highest BCUT2D eigenvalue weighted by molar-refractivity contribution is 6.32. The van der Waals surface area contributed by atoms with Crippen LogP contribution in [0.1, 0.15) is 11.6 Å². The van der Waals surface area contributed by atoms with Gasteiger partial charge >= 0.3 is 0 Å². The van der Waals surface area contributed by atoms with Gasteiger partial charge in [0.1, 0.15) is 5.75 Å². The predicted octanol–water partition coefficient (Wildman–Crippen LogP) is 3.22. The number of benzene rings is 2. The van der Waals surface area contributed by atoms with Gasteiger partial charge in [-0.05, 0) is 29.8 Å². The molecular formula is C16H16ClN3O. The molecular weight excluding hydrogens is 286 g/mol. The second kappa shape index (κ2) is 5.66. The van der Waals surface area contributed by atoms with E-state index in [1.807, 2.05) is 53.4 Å². The molecule has 21 heavy (non-hydrogen) atoms. The highest BCUT2D eigenvalue weighted by Gasteiger charge is 2.29. The fourth-order valence-electron chi connectivity index (χ4n) is 2.54. The minimum atomic E-state index is 0.0517. The first kappa shape index (κ1) is 13.8. The summed E-state index contributed by atoms with van der Waals surface area (Å²) in [4.78, 5) is 6.40. The van der Waals surface area contributed by atoms with Crippen molar-refractivity contribution in [3.8, 4) is 5.75 Å². The Bertz CT molecular complexity index is 672. The lowest BCUT2D eigenvalue weighted by atomic mass is 10.1. The summed E-state index contributed by atoms with van der Waals surface area (Å²) >= 11 is 6.23. The van der Waals surface area contributed by atoms with Crippen LogP contribution in [0.2, 0.25) is 5.02 Å². The molecule has 0 fully saturated rings. The maximum absolute atomic E-state index is 6.23. The van der Waals surface area contributed by atoms with E-state index in [0.717, 1.165) is 11.3 Å². The van der Waals surface area contributed by atoms with E-state index in [9.17, 15) is 0 Å². The van der Waals surface area contributed by atoms with Gasteiger partial charge in [-0.15, -0.1) is 0 Å². The van der Waals surface area contributed by atoms with E-state index >= 15 is 0 Å². The van der Waals surface area contributed by atoms with Gasteiger partial charge in [-0.1, -0.05) is 35.9 Å². The molecule has 0 amide bonds. The molecule has 2 aromatic rings. The molecule has 1 heterocycles. The van der Waals surface area contributed by atoms with Gasteiger partial charge in [-0.3, -0.25) is 4.99 Å². The maximum Gasteiger partial charge on any atom is 0.196 e. The van der Waals surface area contributed by atoms with Crippen molar-refractivity contribution in [1.82, 2.24) is 0 Å². The van der Waals surface area contributed by atoms with Crippen molar-refractivity contribution in [3.63, 3.8) is 0 Å². The standard InChI is InChI=1S/C16H16ClN3O/c1-21-15-8-7-11(9-13(15)17)14-10-19-16(18)20(14)12-5-3-2-4-6-12/h2-9,14H,10H2,1H3,(H2,18,19). The van der Waals surface area contributed by atoms with Gasteiger partial charge in [0.05, 0.1) is 24.7 Å². The number of methoxy groups -OCH3 is 1. The highest BCUT2D eigenvalue weighted by atomic mass is 35.5. The van der Waals surface area contributed by atoms with Crippen LogP contribution in [0.4, 0.5) is 5.69 Å². The van der Waals surface area contributed by atoms with Gasteiger partial charge in [0, 0.05) is 5.69 Å². The molecule has 0 spiro atoms. The van der Waals surface area contributed by atoms with E-state index < -0.39 is 0 Å². The molecule has 0 bridgehead atoms. The number of nitrogens with two attached hydrogens (primary N) is 1. The van der Waals surface area contributed by atoms with Crippen LogP contribution < -0.4 is 15.4 Å². The number of ether oxygens (including phenoxy) is 1. The lowest BCUT2D eigenvalue weighted by Crippen LogP contribution is -2.36. The van der Waals surface area contributed by atoms with Crippen molar-refractivity contribution in [1.29, 1.82) is 0 Å². The van der Waals surface area contributed by atoms with Crippen molar-refractivity contribution < 1.29 is 4.74 Å². The summed E-state index contributed by atoms with van der Waals surface area (Å²) < 4.78 is 5.20. The molecule has 4 nitrogen and oxygen atoms in total. The number of hydrogen-bond donors (Lipinski definition) is 1. The van der Waals surface area contributed by atoms with Gasteiger partial charge in [0.15, 0.2) is 5.96 Å². The molecule has 1 atom stereocenters. The van der Waals surface area contributed by atoms with Crippen LogP contribution in [0.5, 0.6) is 5.75 Å². The van der Waals surface area contributed by atoms with Crippen molar-refractivity contribution in [2.24, 2.45) is 10.7 Å². The Hall–Kier alpha value is -2.20. The van der Waals surface area contributed by atoms with Crippen molar-refractivity contribution in [3.05, 3.63) is 59.1 Å². The lowest BCUT2D eigenvalue weighted by Gasteiger charge is -2.27. The lowest BCUT2D eigenvalue weighted by molar-refractivity contribution is 0.415. The maximum atomic E-state index is 6.23. The van der Waals surface area contributed by atoms with Crippen LogP contribution in [0.3, 0.4) is 0 Å². The quantitative estimate of drug-likeness (QED) is 0.947. The average Bonchev–Trinajstić information content (AvgIpc) is 2.90. The number of hydrogen-bond acceptors (Lipinski definition) is 4. The summed E-state index contributed by atoms with van der Waals surface area (Å²) in [5.41, 5.74) is 8.14. The third-order valence-corrected chi connectivity index (χ3v) is 3.88. The Morgan fingerprint density at radius 3 is 2.67 bits per heavy atom. The first-order valence-electron chi connectivity index (χ1n) is 6.68. The first-order chi connectivity index (χ1) is 10.2. The molecule has 108 valence electrons. The monoisotopic (exact) mass is 301 g/mol. The average molecular weight is 302 g/mol. The van der Waals surface area contributed by atoms with E-state index in [-0.39, 0.29) is 6.04 Å². The number of nitrogens with zero attached hydrogens (tertiary/aromatic N) is 2. The first-order valence-corrected chi connectivity index (χ1v) is 7.06. The molecule has 0 aromatic heterocycles. The zero-order valence-electron chi connectivity index (χ0n) is 11.7. The number of anilines is 1. The Morgan fingerprint density at radius 2 is 2.00 bits per heavy atom. The molecule has 2 N–H and O–H groups in total. The number of para-hydroxylation sites is 1. The molecule has 1 unspecified atom stereocenters. The fourth-order valence-corrected chi connectivity index (χ4v) is 2.81. The Morgan fingerprint density at radius 1 is 1.24 bits per heavy atom. The minimum Gasteiger partial charge on any atom is -0.495 e. The number of guanidine groups is 1. The largest absolute Gasteiger partial charge is 0.495 e. The highest BCUT2D eigenvalue weighted by Crippen LogP contribution is 2.34. The van der Waals surface area contributed by atoms with E-state index in [1.54, 1.807) is 7.11 Å². The van der Waals surface area contributed by atoms with Crippen LogP contribution in [0, 0.1) is 0 Å². The molecule has 0 saturated carbocycles. The second-order valence-electron chi connectivity index (χ2n) is 4.81. The molecule has 3 rings (SSSR count). The molecule has 1 aliphatic rings. The van der Waals surface area contributed by atoms with E-state index in [2.05, 4.69) is 4.99 Å². The summed E-state index contributed by atoms with van der Waals surface area (Å²) in [6.07, 6.45) is 0. The van der Waals surface area contributed by atoms with Crippen LogP contribution in [0.25, 0.3) is 0 Å². The van der Waals surface area contributed by atoms with Crippen LogP contribution in [-0.4, -0.2) is 19.6 Å². The van der Waals surface area contributed by atoms with Gasteiger partial charge in [0.2, 0.25) is 0 Å². The minimum absolute atomic E-state index is 0.0517. The molecule has 0 aliphatic carbocycles. The number of halogens is 1. The summed E-state index contributed by atoms with van der Waals surface area (Å²) in [6, 6.07) is 15.8. The van der Waals surface area contributed by atoms with E-state index in [1.165, 1.54) is 0 Å². The van der Waals surface area contributed by atoms with E-state index in [0.29, 0.717) is 23.3 Å². The fraction of sp³-hybridized carbons (Fsp3) is 0.188. The summed E-state index contributed by atoms with van der Waals surface area (Å²) in [6.45, 7) is 0.614. The second-order valence-corrected chi connectivity index (χ2v) is 5.22. The van der Waals surface area contributed by atoms with Crippen molar-refractivity contribution in [2.45, 2.75) is 6.04 Å². The summed E-state index contributed by atoms with van der Waals surface area (Å²) in [5, 5.41) is 0.591. The Labute approximate surface area is 128 Å². The predicted molar refractivity (Wildman–Crippen MR) is 86.2 cm³/mol. The molecule has 2 aromatic carbocycles. The van der Waals surface area contributed by atoms with Gasteiger partial charge in [-0.25, -0.2) is 0 Å². The van der Waals surface area contributed by atoms with Gasteiger partial charge < -0.3 is 15.4 Å². The smallest absolute Gasteiger partial charge is 0.196 e. The topological polar surface area (TPSA) is 50.9 Å². The molecule has 1 aliphatic heterocycles. The van der Waals surface area contributed by atoms with Crippen LogP contribution in [0.15, 0.2) is 53.5 Å². The Balaban J connectivity index is 1.97. The molecule has 0 saturated heterocycles. The molecule has 5 heteroatoms. The summed E-state index contributed by atoms with van der Waals surface area (Å²) in [5.74, 6) is 1.19. The normalized spacial score (nSPS) is 17.7. The third-order valence-electron chi connectivity index (χ3n) is 3.58. The van der Waals surface area contributed by atoms with Crippen LogP contribution in [-0.2, 0) is 0 Å². The van der Waals surface area contributed by atoms with Gasteiger partial charge in [-0.2, -0.15) is 0 Å². The zero-order valence-corrected chi connectivity index (χ0v) is 12.4. The summed E-state index contributed by atoms with van der Waals surface area (Å²) in [7, 11) is 1.60. The van der Waals surface area contributed by atoms with Crippen molar-refractivity contribution >= 4 is 23.2 Å². The SMILES string of the molecule is COc1ccc(C2CN=C(N)N2c2ccccc2)cc1Cl. The third kappa shape index (κ3) is 2.54. The van der Waals surface area contributed by atoms with Crippen molar-refractivity contribution in [2.75, 3.05) is 18.6 Å². The Kier molecular flexibility index (Phi) is 3.71.